The van der Waals surface area contributed by atoms with Gasteiger partial charge in [0.2, 0.25) is 11.8 Å². The number of carbonyl (C=O) groups is 2. The van der Waals surface area contributed by atoms with Crippen LogP contribution in [0.15, 0.2) is 41.0 Å². The molecule has 2 aromatic rings. The van der Waals surface area contributed by atoms with Crippen molar-refractivity contribution in [2.24, 2.45) is 5.92 Å². The fourth-order valence-corrected chi connectivity index (χ4v) is 2.81. The first-order valence-electron chi connectivity index (χ1n) is 7.72. The largest absolute Gasteiger partial charge is 0.467 e. The molecule has 0 aliphatic carbocycles. The van der Waals surface area contributed by atoms with Crippen LogP contribution in [-0.2, 0) is 16.1 Å². The van der Waals surface area contributed by atoms with E-state index in [1.54, 1.807) is 17.2 Å². The summed E-state index contributed by atoms with van der Waals surface area (Å²) in [6, 6.07) is 9.44. The lowest BCUT2D eigenvalue weighted by Crippen LogP contribution is -2.28. The Kier molecular flexibility index (Phi) is 4.19. The lowest BCUT2D eigenvalue weighted by atomic mass is 10.1. The van der Waals surface area contributed by atoms with Gasteiger partial charge in [-0.05, 0) is 43.2 Å². The Morgan fingerprint density at radius 1 is 1.30 bits per heavy atom. The van der Waals surface area contributed by atoms with Gasteiger partial charge in [-0.3, -0.25) is 9.59 Å². The SMILES string of the molecule is Cc1cccc(NC(=O)[C@H]2CC(=O)N(Cc3ccco3)C2)c1C. The van der Waals surface area contributed by atoms with Crippen LogP contribution in [0.25, 0.3) is 0 Å². The van der Waals surface area contributed by atoms with Gasteiger partial charge in [0.15, 0.2) is 0 Å². The molecule has 1 aromatic carbocycles. The zero-order valence-corrected chi connectivity index (χ0v) is 13.3. The average molecular weight is 312 g/mol. The highest BCUT2D eigenvalue weighted by atomic mass is 16.3. The van der Waals surface area contributed by atoms with Crippen LogP contribution in [-0.4, -0.2) is 23.3 Å². The van der Waals surface area contributed by atoms with Crippen LogP contribution in [0, 0.1) is 19.8 Å². The Hall–Kier alpha value is -2.56. The number of aryl methyl sites for hydroxylation is 1. The van der Waals surface area contributed by atoms with Gasteiger partial charge in [0.25, 0.3) is 0 Å². The number of furan rings is 1. The molecule has 1 atom stereocenters. The van der Waals surface area contributed by atoms with E-state index in [0.717, 1.165) is 22.6 Å². The lowest BCUT2D eigenvalue weighted by Gasteiger charge is -2.16. The van der Waals surface area contributed by atoms with Gasteiger partial charge in [-0.25, -0.2) is 0 Å². The summed E-state index contributed by atoms with van der Waals surface area (Å²) in [5.74, 6) is 0.294. The van der Waals surface area contributed by atoms with Crippen molar-refractivity contribution in [2.75, 3.05) is 11.9 Å². The lowest BCUT2D eigenvalue weighted by molar-refractivity contribution is -0.128. The standard InChI is InChI=1S/C18H20N2O3/c1-12-5-3-7-16(13(12)2)19-18(22)14-9-17(21)20(10-14)11-15-6-4-8-23-15/h3-8,14H,9-11H2,1-2H3,(H,19,22)/t14-/m0/s1. The van der Waals surface area contributed by atoms with Crippen molar-refractivity contribution in [3.05, 3.63) is 53.5 Å². The van der Waals surface area contributed by atoms with E-state index in [4.69, 9.17) is 4.42 Å². The van der Waals surface area contributed by atoms with Crippen molar-refractivity contribution in [2.45, 2.75) is 26.8 Å². The summed E-state index contributed by atoms with van der Waals surface area (Å²) in [6.07, 6.45) is 1.83. The summed E-state index contributed by atoms with van der Waals surface area (Å²) in [4.78, 5) is 26.2. The third kappa shape index (κ3) is 3.28. The van der Waals surface area contributed by atoms with Crippen LogP contribution >= 0.6 is 0 Å². The van der Waals surface area contributed by atoms with E-state index in [1.807, 2.05) is 38.1 Å². The molecule has 0 unspecified atom stereocenters. The topological polar surface area (TPSA) is 62.6 Å². The van der Waals surface area contributed by atoms with E-state index in [2.05, 4.69) is 5.32 Å². The Morgan fingerprint density at radius 2 is 2.13 bits per heavy atom. The number of benzene rings is 1. The zero-order valence-electron chi connectivity index (χ0n) is 13.3. The molecule has 1 fully saturated rings. The van der Waals surface area contributed by atoms with Gasteiger partial charge in [0.05, 0.1) is 18.7 Å². The quantitative estimate of drug-likeness (QED) is 0.944. The normalized spacial score (nSPS) is 17.6. The number of likely N-dealkylation sites (tertiary alicyclic amines) is 1. The Balaban J connectivity index is 1.64. The maximum absolute atomic E-state index is 12.5. The summed E-state index contributed by atoms with van der Waals surface area (Å²) in [6.45, 7) is 4.83. The van der Waals surface area contributed by atoms with E-state index < -0.39 is 0 Å². The van der Waals surface area contributed by atoms with Gasteiger partial charge in [0, 0.05) is 18.7 Å². The van der Waals surface area contributed by atoms with E-state index >= 15 is 0 Å². The summed E-state index contributed by atoms with van der Waals surface area (Å²) in [5, 5.41) is 2.95. The molecular weight excluding hydrogens is 292 g/mol. The van der Waals surface area contributed by atoms with Gasteiger partial charge < -0.3 is 14.6 Å². The third-order valence-corrected chi connectivity index (χ3v) is 4.37. The molecule has 120 valence electrons. The molecule has 0 bridgehead atoms. The number of hydrogen-bond donors (Lipinski definition) is 1. The molecular formula is C18H20N2O3. The highest BCUT2D eigenvalue weighted by Crippen LogP contribution is 2.24. The molecule has 5 nitrogen and oxygen atoms in total. The minimum Gasteiger partial charge on any atom is -0.467 e. The fraction of sp³-hybridized carbons (Fsp3) is 0.333. The van der Waals surface area contributed by atoms with Crippen molar-refractivity contribution in [1.29, 1.82) is 0 Å². The molecule has 0 saturated carbocycles. The molecule has 2 amide bonds. The molecule has 1 saturated heterocycles. The van der Waals surface area contributed by atoms with Crippen molar-refractivity contribution in [3.63, 3.8) is 0 Å². The summed E-state index contributed by atoms with van der Waals surface area (Å²) < 4.78 is 5.27. The summed E-state index contributed by atoms with van der Waals surface area (Å²) in [7, 11) is 0. The van der Waals surface area contributed by atoms with Crippen LogP contribution in [0.4, 0.5) is 5.69 Å². The maximum Gasteiger partial charge on any atom is 0.229 e. The molecule has 5 heteroatoms. The minimum atomic E-state index is -0.322. The minimum absolute atomic E-state index is 0.0116. The maximum atomic E-state index is 12.5. The number of nitrogens with one attached hydrogen (secondary N) is 1. The van der Waals surface area contributed by atoms with Crippen LogP contribution in [0.3, 0.4) is 0 Å². The molecule has 3 rings (SSSR count). The van der Waals surface area contributed by atoms with E-state index in [0.29, 0.717) is 13.1 Å². The molecule has 1 N–H and O–H groups in total. The van der Waals surface area contributed by atoms with Crippen molar-refractivity contribution < 1.29 is 14.0 Å². The number of carbonyl (C=O) groups excluding carboxylic acids is 2. The van der Waals surface area contributed by atoms with Crippen molar-refractivity contribution in [3.8, 4) is 0 Å². The monoisotopic (exact) mass is 312 g/mol. The van der Waals surface area contributed by atoms with Crippen molar-refractivity contribution >= 4 is 17.5 Å². The average Bonchev–Trinajstić information content (AvgIpc) is 3.15. The van der Waals surface area contributed by atoms with Gasteiger partial charge in [-0.1, -0.05) is 12.1 Å². The van der Waals surface area contributed by atoms with Crippen LogP contribution in [0.5, 0.6) is 0 Å². The van der Waals surface area contributed by atoms with Gasteiger partial charge >= 0.3 is 0 Å². The Labute approximate surface area is 135 Å². The second-order valence-electron chi connectivity index (χ2n) is 5.99. The van der Waals surface area contributed by atoms with E-state index in [1.165, 1.54) is 0 Å². The van der Waals surface area contributed by atoms with Crippen molar-refractivity contribution in [1.82, 2.24) is 4.90 Å². The number of rotatable bonds is 4. The van der Waals surface area contributed by atoms with E-state index in [-0.39, 0.29) is 24.2 Å². The molecule has 1 aliphatic heterocycles. The second-order valence-corrected chi connectivity index (χ2v) is 5.99. The highest BCUT2D eigenvalue weighted by molar-refractivity contribution is 5.97. The van der Waals surface area contributed by atoms with Gasteiger partial charge in [0.1, 0.15) is 5.76 Å². The predicted octanol–water partition coefficient (Wildman–Crippen LogP) is 2.88. The Bertz CT molecular complexity index is 722. The number of nitrogens with zero attached hydrogens (tertiary/aromatic N) is 1. The smallest absolute Gasteiger partial charge is 0.229 e. The first-order valence-corrected chi connectivity index (χ1v) is 7.72. The number of hydrogen-bond acceptors (Lipinski definition) is 3. The third-order valence-electron chi connectivity index (χ3n) is 4.37. The van der Waals surface area contributed by atoms with Crippen LogP contribution in [0.1, 0.15) is 23.3 Å². The number of anilines is 1. The van der Waals surface area contributed by atoms with Gasteiger partial charge in [-0.15, -0.1) is 0 Å². The Morgan fingerprint density at radius 3 is 2.87 bits per heavy atom. The van der Waals surface area contributed by atoms with Crippen LogP contribution in [0.2, 0.25) is 0 Å². The van der Waals surface area contributed by atoms with Crippen LogP contribution < -0.4 is 5.32 Å². The van der Waals surface area contributed by atoms with E-state index in [9.17, 15) is 9.59 Å². The van der Waals surface area contributed by atoms with Gasteiger partial charge in [-0.2, -0.15) is 0 Å². The molecule has 2 heterocycles. The molecule has 0 spiro atoms. The zero-order chi connectivity index (χ0) is 16.4. The summed E-state index contributed by atoms with van der Waals surface area (Å²) >= 11 is 0. The first kappa shape index (κ1) is 15.3. The summed E-state index contributed by atoms with van der Waals surface area (Å²) in [5.41, 5.74) is 2.99. The second kappa shape index (κ2) is 6.28. The number of amides is 2. The fourth-order valence-electron chi connectivity index (χ4n) is 2.81. The molecule has 23 heavy (non-hydrogen) atoms. The predicted molar refractivity (Wildman–Crippen MR) is 86.8 cm³/mol. The molecule has 0 radical (unpaired) electrons. The first-order chi connectivity index (χ1) is 11.0. The highest BCUT2D eigenvalue weighted by Gasteiger charge is 2.34. The molecule has 1 aliphatic rings. The molecule has 1 aromatic heterocycles.